The molecule has 3 heteroatoms. The Morgan fingerprint density at radius 3 is 2.67 bits per heavy atom. The van der Waals surface area contributed by atoms with E-state index in [0.717, 1.165) is 22.4 Å². The molecule has 0 amide bonds. The fourth-order valence-electron chi connectivity index (χ4n) is 1.85. The summed E-state index contributed by atoms with van der Waals surface area (Å²) in [6, 6.07) is 9.62. The number of aryl methyl sites for hydroxylation is 2. The standard InChI is InChI=1S/C15H16ClNO/c1-10-6-7-12(17-9-10)8-14(18)13-5-3-4-11(2)15(13)16/h3-7,9,14,18H,8H2,1-2H3. The van der Waals surface area contributed by atoms with E-state index >= 15 is 0 Å². The third-order valence-corrected chi connectivity index (χ3v) is 3.47. The molecule has 18 heavy (non-hydrogen) atoms. The molecule has 0 saturated carbocycles. The van der Waals surface area contributed by atoms with E-state index in [-0.39, 0.29) is 0 Å². The first-order valence-electron chi connectivity index (χ1n) is 5.92. The maximum absolute atomic E-state index is 10.2. The molecular weight excluding hydrogens is 246 g/mol. The number of aliphatic hydroxyl groups excluding tert-OH is 1. The summed E-state index contributed by atoms with van der Waals surface area (Å²) in [6.07, 6.45) is 1.66. The predicted molar refractivity (Wildman–Crippen MR) is 73.8 cm³/mol. The molecule has 1 unspecified atom stereocenters. The van der Waals surface area contributed by atoms with Crippen LogP contribution in [0.1, 0.15) is 28.5 Å². The van der Waals surface area contributed by atoms with Gasteiger partial charge in [0.05, 0.1) is 6.10 Å². The second kappa shape index (κ2) is 5.51. The van der Waals surface area contributed by atoms with Gasteiger partial charge in [-0.1, -0.05) is 35.9 Å². The molecule has 0 spiro atoms. The van der Waals surface area contributed by atoms with E-state index in [4.69, 9.17) is 11.6 Å². The van der Waals surface area contributed by atoms with Gasteiger partial charge in [0.1, 0.15) is 0 Å². The molecule has 94 valence electrons. The summed E-state index contributed by atoms with van der Waals surface area (Å²) in [5.74, 6) is 0. The highest BCUT2D eigenvalue weighted by atomic mass is 35.5. The molecule has 1 heterocycles. The van der Waals surface area contributed by atoms with Gasteiger partial charge in [-0.15, -0.1) is 0 Å². The zero-order chi connectivity index (χ0) is 13.1. The molecule has 1 aromatic carbocycles. The summed E-state index contributed by atoms with van der Waals surface area (Å²) in [5.41, 5.74) is 3.72. The second-order valence-electron chi connectivity index (χ2n) is 4.52. The lowest BCUT2D eigenvalue weighted by Crippen LogP contribution is -2.04. The molecule has 0 bridgehead atoms. The summed E-state index contributed by atoms with van der Waals surface area (Å²) in [6.45, 7) is 3.92. The Labute approximate surface area is 112 Å². The van der Waals surface area contributed by atoms with Gasteiger partial charge in [-0.25, -0.2) is 0 Å². The zero-order valence-corrected chi connectivity index (χ0v) is 11.3. The fourth-order valence-corrected chi connectivity index (χ4v) is 2.11. The van der Waals surface area contributed by atoms with Crippen molar-refractivity contribution in [1.29, 1.82) is 0 Å². The summed E-state index contributed by atoms with van der Waals surface area (Å²) < 4.78 is 0. The Bertz CT molecular complexity index is 537. The molecule has 0 fully saturated rings. The Morgan fingerprint density at radius 2 is 2.00 bits per heavy atom. The number of halogens is 1. The normalized spacial score (nSPS) is 12.4. The van der Waals surface area contributed by atoms with Crippen LogP contribution in [0.3, 0.4) is 0 Å². The van der Waals surface area contributed by atoms with Crippen LogP contribution < -0.4 is 0 Å². The van der Waals surface area contributed by atoms with E-state index in [2.05, 4.69) is 4.98 Å². The first-order chi connectivity index (χ1) is 8.58. The SMILES string of the molecule is Cc1ccc(CC(O)c2cccc(C)c2Cl)nc1. The molecular formula is C15H16ClNO. The summed E-state index contributed by atoms with van der Waals surface area (Å²) in [5, 5.41) is 10.9. The van der Waals surface area contributed by atoms with Crippen molar-refractivity contribution in [2.75, 3.05) is 0 Å². The van der Waals surface area contributed by atoms with Crippen LogP contribution in [0.25, 0.3) is 0 Å². The maximum Gasteiger partial charge on any atom is 0.0859 e. The van der Waals surface area contributed by atoms with E-state index in [1.807, 2.05) is 44.2 Å². The largest absolute Gasteiger partial charge is 0.388 e. The number of pyridine rings is 1. The zero-order valence-electron chi connectivity index (χ0n) is 10.5. The second-order valence-corrected chi connectivity index (χ2v) is 4.90. The van der Waals surface area contributed by atoms with E-state index < -0.39 is 6.10 Å². The van der Waals surface area contributed by atoms with Crippen LogP contribution in [0, 0.1) is 13.8 Å². The van der Waals surface area contributed by atoms with Crippen molar-refractivity contribution in [3.05, 3.63) is 63.9 Å². The molecule has 2 aromatic rings. The monoisotopic (exact) mass is 261 g/mol. The molecule has 0 saturated heterocycles. The lowest BCUT2D eigenvalue weighted by Gasteiger charge is -2.13. The Balaban J connectivity index is 2.19. The number of aliphatic hydroxyl groups is 1. The molecule has 0 radical (unpaired) electrons. The van der Waals surface area contributed by atoms with Gasteiger partial charge in [-0.05, 0) is 36.6 Å². The van der Waals surface area contributed by atoms with E-state index in [0.29, 0.717) is 11.4 Å². The molecule has 0 aliphatic carbocycles. The van der Waals surface area contributed by atoms with Crippen LogP contribution >= 0.6 is 11.6 Å². The lowest BCUT2D eigenvalue weighted by molar-refractivity contribution is 0.177. The van der Waals surface area contributed by atoms with Crippen molar-refractivity contribution in [3.63, 3.8) is 0 Å². The summed E-state index contributed by atoms with van der Waals surface area (Å²) in [4.78, 5) is 4.29. The van der Waals surface area contributed by atoms with Crippen molar-refractivity contribution >= 4 is 11.6 Å². The molecule has 2 nitrogen and oxygen atoms in total. The highest BCUT2D eigenvalue weighted by Gasteiger charge is 2.13. The van der Waals surface area contributed by atoms with E-state index in [9.17, 15) is 5.11 Å². The minimum atomic E-state index is -0.618. The van der Waals surface area contributed by atoms with Gasteiger partial charge in [0.2, 0.25) is 0 Å². The molecule has 1 N–H and O–H groups in total. The van der Waals surface area contributed by atoms with Crippen molar-refractivity contribution in [3.8, 4) is 0 Å². The van der Waals surface area contributed by atoms with Gasteiger partial charge < -0.3 is 5.11 Å². The number of hydrogen-bond donors (Lipinski definition) is 1. The topological polar surface area (TPSA) is 33.1 Å². The third-order valence-electron chi connectivity index (χ3n) is 2.96. The summed E-state index contributed by atoms with van der Waals surface area (Å²) in [7, 11) is 0. The van der Waals surface area contributed by atoms with Crippen LogP contribution in [0.5, 0.6) is 0 Å². The van der Waals surface area contributed by atoms with Gasteiger partial charge in [-0.2, -0.15) is 0 Å². The molecule has 0 aliphatic heterocycles. The first-order valence-corrected chi connectivity index (χ1v) is 6.30. The summed E-state index contributed by atoms with van der Waals surface area (Å²) >= 11 is 6.20. The van der Waals surface area contributed by atoms with E-state index in [1.54, 1.807) is 6.20 Å². The van der Waals surface area contributed by atoms with Crippen LogP contribution in [0.15, 0.2) is 36.5 Å². The van der Waals surface area contributed by atoms with Crippen LogP contribution in [0.4, 0.5) is 0 Å². The molecule has 0 aliphatic rings. The van der Waals surface area contributed by atoms with Crippen LogP contribution in [-0.4, -0.2) is 10.1 Å². The fraction of sp³-hybridized carbons (Fsp3) is 0.267. The minimum absolute atomic E-state index is 0.476. The van der Waals surface area contributed by atoms with E-state index in [1.165, 1.54) is 0 Å². The maximum atomic E-state index is 10.2. The van der Waals surface area contributed by atoms with Gasteiger partial charge in [0.25, 0.3) is 0 Å². The van der Waals surface area contributed by atoms with Crippen LogP contribution in [0.2, 0.25) is 5.02 Å². The Kier molecular flexibility index (Phi) is 4.00. The van der Waals surface area contributed by atoms with Crippen molar-refractivity contribution in [2.24, 2.45) is 0 Å². The number of hydrogen-bond acceptors (Lipinski definition) is 2. The Hall–Kier alpha value is -1.38. The smallest absolute Gasteiger partial charge is 0.0859 e. The van der Waals surface area contributed by atoms with Crippen molar-refractivity contribution < 1.29 is 5.11 Å². The Morgan fingerprint density at radius 1 is 1.22 bits per heavy atom. The molecule has 2 rings (SSSR count). The number of aromatic nitrogens is 1. The minimum Gasteiger partial charge on any atom is -0.388 e. The van der Waals surface area contributed by atoms with Gasteiger partial charge in [-0.3, -0.25) is 4.98 Å². The highest BCUT2D eigenvalue weighted by Crippen LogP contribution is 2.27. The molecule has 1 atom stereocenters. The van der Waals surface area contributed by atoms with Crippen molar-refractivity contribution in [2.45, 2.75) is 26.4 Å². The van der Waals surface area contributed by atoms with Gasteiger partial charge in [0.15, 0.2) is 0 Å². The average Bonchev–Trinajstić information content (AvgIpc) is 2.35. The number of benzene rings is 1. The third kappa shape index (κ3) is 2.89. The number of nitrogens with zero attached hydrogens (tertiary/aromatic N) is 1. The quantitative estimate of drug-likeness (QED) is 0.915. The average molecular weight is 262 g/mol. The lowest BCUT2D eigenvalue weighted by atomic mass is 10.0. The van der Waals surface area contributed by atoms with Crippen molar-refractivity contribution in [1.82, 2.24) is 4.98 Å². The number of rotatable bonds is 3. The van der Waals surface area contributed by atoms with Gasteiger partial charge >= 0.3 is 0 Å². The first kappa shape index (κ1) is 13.1. The predicted octanol–water partition coefficient (Wildman–Crippen LogP) is 3.63. The van der Waals surface area contributed by atoms with Crippen LogP contribution in [-0.2, 0) is 6.42 Å². The molecule has 1 aromatic heterocycles. The van der Waals surface area contributed by atoms with Gasteiger partial charge in [0, 0.05) is 23.3 Å². The highest BCUT2D eigenvalue weighted by molar-refractivity contribution is 6.32.